The van der Waals surface area contributed by atoms with E-state index in [0.717, 1.165) is 11.8 Å². The fourth-order valence-corrected chi connectivity index (χ4v) is 3.41. The van der Waals surface area contributed by atoms with Crippen molar-refractivity contribution in [1.29, 1.82) is 0 Å². The zero-order valence-corrected chi connectivity index (χ0v) is 16.8. The molecule has 0 fully saturated rings. The fraction of sp³-hybridized carbons (Fsp3) is 0.136. The van der Waals surface area contributed by atoms with E-state index in [2.05, 4.69) is 4.74 Å². The molecule has 0 radical (unpaired) electrons. The Labute approximate surface area is 169 Å². The highest BCUT2D eigenvalue weighted by Crippen LogP contribution is 2.31. The number of methoxy groups -OCH3 is 1. The quantitative estimate of drug-likeness (QED) is 0.540. The first-order valence-corrected chi connectivity index (χ1v) is 10.6. The Kier molecular flexibility index (Phi) is 6.19. The molecule has 0 amide bonds. The second kappa shape index (κ2) is 8.79. The molecular weight excluding hydrogens is 392 g/mol. The molecule has 0 atom stereocenters. The van der Waals surface area contributed by atoms with E-state index in [1.54, 1.807) is 24.3 Å². The van der Waals surface area contributed by atoms with Gasteiger partial charge < -0.3 is 14.2 Å². The SMILES string of the molecule is COC(=O)c1ccc(Oc2ccc(OCc3ccccc3)cc2)c(S(C)(=O)=O)c1. The summed E-state index contributed by atoms with van der Waals surface area (Å²) in [7, 11) is -2.39. The van der Waals surface area contributed by atoms with Crippen LogP contribution in [0.3, 0.4) is 0 Å². The Morgan fingerprint density at radius 2 is 1.55 bits per heavy atom. The number of hydrogen-bond acceptors (Lipinski definition) is 6. The van der Waals surface area contributed by atoms with E-state index in [0.29, 0.717) is 18.1 Å². The van der Waals surface area contributed by atoms with Crippen molar-refractivity contribution in [2.45, 2.75) is 11.5 Å². The molecule has 0 saturated carbocycles. The van der Waals surface area contributed by atoms with Crippen molar-refractivity contribution in [2.75, 3.05) is 13.4 Å². The molecule has 7 heteroatoms. The van der Waals surface area contributed by atoms with Crippen molar-refractivity contribution in [3.63, 3.8) is 0 Å². The van der Waals surface area contributed by atoms with Gasteiger partial charge in [-0.05, 0) is 48.0 Å². The van der Waals surface area contributed by atoms with Crippen molar-refractivity contribution in [1.82, 2.24) is 0 Å². The average Bonchev–Trinajstić information content (AvgIpc) is 2.73. The number of esters is 1. The smallest absolute Gasteiger partial charge is 0.337 e. The molecule has 6 nitrogen and oxygen atoms in total. The van der Waals surface area contributed by atoms with Gasteiger partial charge in [0.15, 0.2) is 9.84 Å². The lowest BCUT2D eigenvalue weighted by Crippen LogP contribution is -2.06. The number of rotatable bonds is 7. The second-order valence-corrected chi connectivity index (χ2v) is 8.26. The van der Waals surface area contributed by atoms with Gasteiger partial charge >= 0.3 is 5.97 Å². The summed E-state index contributed by atoms with van der Waals surface area (Å²) in [6, 6.07) is 20.7. The maximum Gasteiger partial charge on any atom is 0.337 e. The summed E-state index contributed by atoms with van der Waals surface area (Å²) >= 11 is 0. The lowest BCUT2D eigenvalue weighted by atomic mass is 10.2. The molecule has 3 aromatic carbocycles. The molecule has 0 aliphatic rings. The molecule has 0 aromatic heterocycles. The highest BCUT2D eigenvalue weighted by Gasteiger charge is 2.19. The number of benzene rings is 3. The van der Waals surface area contributed by atoms with Crippen molar-refractivity contribution < 1.29 is 27.4 Å². The monoisotopic (exact) mass is 412 g/mol. The standard InChI is InChI=1S/C22H20O6S/c1-26-22(23)17-8-13-20(21(14-17)29(2,24)25)28-19-11-9-18(10-12-19)27-15-16-6-4-3-5-7-16/h3-14H,15H2,1-2H3. The fourth-order valence-electron chi connectivity index (χ4n) is 2.60. The molecule has 0 unspecified atom stereocenters. The Hall–Kier alpha value is -3.32. The first-order chi connectivity index (χ1) is 13.9. The molecule has 3 aromatic rings. The summed E-state index contributed by atoms with van der Waals surface area (Å²) in [5.41, 5.74) is 1.18. The van der Waals surface area contributed by atoms with Gasteiger partial charge in [-0.15, -0.1) is 0 Å². The molecule has 0 aliphatic carbocycles. The van der Waals surface area contributed by atoms with E-state index in [4.69, 9.17) is 9.47 Å². The minimum absolute atomic E-state index is 0.0928. The Morgan fingerprint density at radius 3 is 2.17 bits per heavy atom. The Morgan fingerprint density at radius 1 is 0.897 bits per heavy atom. The lowest BCUT2D eigenvalue weighted by molar-refractivity contribution is 0.0600. The molecule has 0 saturated heterocycles. The zero-order chi connectivity index (χ0) is 20.9. The number of carbonyl (C=O) groups excluding carboxylic acids is 1. The first-order valence-electron chi connectivity index (χ1n) is 8.74. The van der Waals surface area contributed by atoms with E-state index in [1.165, 1.54) is 25.3 Å². The maximum atomic E-state index is 12.1. The van der Waals surface area contributed by atoms with Crippen LogP contribution in [0.5, 0.6) is 17.2 Å². The van der Waals surface area contributed by atoms with Crippen LogP contribution in [0.4, 0.5) is 0 Å². The van der Waals surface area contributed by atoms with Crippen molar-refractivity contribution >= 4 is 15.8 Å². The predicted molar refractivity (Wildman–Crippen MR) is 108 cm³/mol. The molecule has 3 rings (SSSR count). The second-order valence-electron chi connectivity index (χ2n) is 6.27. The summed E-state index contributed by atoms with van der Waals surface area (Å²) in [6.45, 7) is 0.439. The zero-order valence-electron chi connectivity index (χ0n) is 16.0. The van der Waals surface area contributed by atoms with Crippen LogP contribution in [0.15, 0.2) is 77.7 Å². The van der Waals surface area contributed by atoms with E-state index >= 15 is 0 Å². The van der Waals surface area contributed by atoms with Crippen LogP contribution in [-0.4, -0.2) is 27.8 Å². The molecule has 0 N–H and O–H groups in total. The van der Waals surface area contributed by atoms with Gasteiger partial charge in [0.05, 0.1) is 12.7 Å². The van der Waals surface area contributed by atoms with E-state index in [9.17, 15) is 13.2 Å². The predicted octanol–water partition coefficient (Wildman–Crippen LogP) is 4.25. The van der Waals surface area contributed by atoms with E-state index in [-0.39, 0.29) is 16.2 Å². The Balaban J connectivity index is 1.76. The molecule has 0 aliphatic heterocycles. The summed E-state index contributed by atoms with van der Waals surface area (Å²) in [4.78, 5) is 11.6. The van der Waals surface area contributed by atoms with Crippen molar-refractivity contribution in [2.24, 2.45) is 0 Å². The van der Waals surface area contributed by atoms with Gasteiger partial charge in [-0.1, -0.05) is 30.3 Å². The highest BCUT2D eigenvalue weighted by molar-refractivity contribution is 7.90. The van der Waals surface area contributed by atoms with E-state index in [1.807, 2.05) is 30.3 Å². The number of sulfone groups is 1. The molecular formula is C22H20O6S. The molecule has 150 valence electrons. The van der Waals surface area contributed by atoms with E-state index < -0.39 is 15.8 Å². The average molecular weight is 412 g/mol. The summed E-state index contributed by atoms with van der Waals surface area (Å²) in [5.74, 6) is 0.595. The molecule has 0 bridgehead atoms. The Bertz CT molecular complexity index is 1090. The lowest BCUT2D eigenvalue weighted by Gasteiger charge is -2.12. The van der Waals surface area contributed by atoms with Crippen molar-refractivity contribution in [3.05, 3.63) is 83.9 Å². The molecule has 0 spiro atoms. The molecule has 29 heavy (non-hydrogen) atoms. The van der Waals surface area contributed by atoms with Crippen LogP contribution < -0.4 is 9.47 Å². The maximum absolute atomic E-state index is 12.1. The topological polar surface area (TPSA) is 78.9 Å². The normalized spacial score (nSPS) is 11.0. The van der Waals surface area contributed by atoms with Crippen LogP contribution in [0.25, 0.3) is 0 Å². The van der Waals surface area contributed by atoms with Gasteiger partial charge in [0.1, 0.15) is 28.8 Å². The third-order valence-corrected chi connectivity index (χ3v) is 5.18. The van der Waals surface area contributed by atoms with Gasteiger partial charge in [-0.3, -0.25) is 0 Å². The number of ether oxygens (including phenoxy) is 3. The summed E-state index contributed by atoms with van der Waals surface area (Å²) in [5, 5.41) is 0. The van der Waals surface area contributed by atoms with Gasteiger partial charge in [-0.25, -0.2) is 13.2 Å². The highest BCUT2D eigenvalue weighted by atomic mass is 32.2. The number of carbonyl (C=O) groups is 1. The van der Waals surface area contributed by atoms with Gasteiger partial charge in [0.2, 0.25) is 0 Å². The van der Waals surface area contributed by atoms with Crippen LogP contribution >= 0.6 is 0 Å². The van der Waals surface area contributed by atoms with Crippen LogP contribution in [-0.2, 0) is 21.2 Å². The molecule has 0 heterocycles. The number of hydrogen-bond donors (Lipinski definition) is 0. The summed E-state index contributed by atoms with van der Waals surface area (Å²) in [6.07, 6.45) is 1.05. The van der Waals surface area contributed by atoms with Crippen LogP contribution in [0.2, 0.25) is 0 Å². The largest absolute Gasteiger partial charge is 0.489 e. The third kappa shape index (κ3) is 5.36. The van der Waals surface area contributed by atoms with Gasteiger partial charge in [-0.2, -0.15) is 0 Å². The van der Waals surface area contributed by atoms with Crippen LogP contribution in [0, 0.1) is 0 Å². The third-order valence-electron chi connectivity index (χ3n) is 4.06. The van der Waals surface area contributed by atoms with Crippen molar-refractivity contribution in [3.8, 4) is 17.2 Å². The summed E-state index contributed by atoms with van der Waals surface area (Å²) < 4.78 is 40.4. The first kappa shape index (κ1) is 20.4. The minimum atomic E-state index is -3.62. The van der Waals surface area contributed by atoms with Gasteiger partial charge in [0, 0.05) is 6.26 Å². The van der Waals surface area contributed by atoms with Gasteiger partial charge in [0.25, 0.3) is 0 Å². The van der Waals surface area contributed by atoms with Crippen LogP contribution in [0.1, 0.15) is 15.9 Å². The minimum Gasteiger partial charge on any atom is -0.489 e.